The largest absolute Gasteiger partial charge is 0.462 e. The van der Waals surface area contributed by atoms with E-state index in [0.717, 1.165) is 11.1 Å². The smallest absolute Gasteiger partial charge is 0.396 e. The van der Waals surface area contributed by atoms with Crippen molar-refractivity contribution in [1.29, 1.82) is 0 Å². The van der Waals surface area contributed by atoms with E-state index in [-0.39, 0.29) is 31.3 Å². The molecule has 0 fully saturated rings. The predicted octanol–water partition coefficient (Wildman–Crippen LogP) is 2.30. The van der Waals surface area contributed by atoms with Gasteiger partial charge < -0.3 is 27.9 Å². The number of aryl methyl sites for hydroxylation is 2. The van der Waals surface area contributed by atoms with Gasteiger partial charge in [0.2, 0.25) is 0 Å². The Morgan fingerprint density at radius 3 is 2.17 bits per heavy atom. The van der Waals surface area contributed by atoms with E-state index >= 15 is 0 Å². The van der Waals surface area contributed by atoms with Crippen LogP contribution in [0.15, 0.2) is 21.3 Å². The Balaban J connectivity index is 2.16. The number of hydrogen-bond acceptors (Lipinski definition) is 13. The molecule has 2 aromatic heterocycles. The molecule has 1 aromatic carbocycles. The molecule has 0 spiro atoms. The maximum absolute atomic E-state index is 13.9. The van der Waals surface area contributed by atoms with Gasteiger partial charge in [0.05, 0.1) is 24.2 Å². The zero-order valence-electron chi connectivity index (χ0n) is 23.9. The lowest BCUT2D eigenvalue weighted by Crippen LogP contribution is -2.42. The monoisotopic (exact) mass is 572 g/mol. The second kappa shape index (κ2) is 13.2. The lowest BCUT2D eigenvalue weighted by Gasteiger charge is -2.30. The maximum atomic E-state index is 13.9. The molecule has 0 saturated heterocycles. The molecule has 14 heteroatoms. The van der Waals surface area contributed by atoms with E-state index in [1.54, 1.807) is 26.0 Å². The number of benzene rings is 1. The van der Waals surface area contributed by atoms with Crippen molar-refractivity contribution in [2.75, 3.05) is 13.2 Å². The number of rotatable bonds is 11. The standard InChI is InChI=1S/C27H32N4O10/c1-8-37-27(36)25-30-29-24(41-25)23-26(35)31(20-10-14(3)13(2)9-19(20)28-23)11-21(39-17(6)33)15(4)22(40-18(7)34)12-38-16(5)32/h9-10,15,21-22H,8,11-12H2,1-7H3/t15-,21-,22+/m0/s1. The molecule has 0 unspecified atom stereocenters. The van der Waals surface area contributed by atoms with Crippen LogP contribution in [0.3, 0.4) is 0 Å². The Morgan fingerprint density at radius 1 is 0.927 bits per heavy atom. The Hall–Kier alpha value is -4.62. The van der Waals surface area contributed by atoms with Gasteiger partial charge in [0.15, 0.2) is 5.69 Å². The summed E-state index contributed by atoms with van der Waals surface area (Å²) in [4.78, 5) is 65.7. The highest BCUT2D eigenvalue weighted by molar-refractivity contribution is 5.84. The Bertz CT molecular complexity index is 1530. The summed E-state index contributed by atoms with van der Waals surface area (Å²) < 4.78 is 27.6. The molecule has 0 aliphatic carbocycles. The average molecular weight is 573 g/mol. The highest BCUT2D eigenvalue weighted by Crippen LogP contribution is 2.24. The minimum absolute atomic E-state index is 0.0811. The van der Waals surface area contributed by atoms with Crippen LogP contribution >= 0.6 is 0 Å². The van der Waals surface area contributed by atoms with Crippen LogP contribution in [0.2, 0.25) is 0 Å². The third-order valence-corrected chi connectivity index (χ3v) is 6.26. The van der Waals surface area contributed by atoms with Crippen molar-refractivity contribution in [2.24, 2.45) is 5.92 Å². The van der Waals surface area contributed by atoms with Crippen molar-refractivity contribution in [3.63, 3.8) is 0 Å². The van der Waals surface area contributed by atoms with E-state index < -0.39 is 53.5 Å². The summed E-state index contributed by atoms with van der Waals surface area (Å²) in [5.74, 6) is -4.22. The van der Waals surface area contributed by atoms with E-state index in [4.69, 9.17) is 23.4 Å². The molecule has 0 aliphatic rings. The van der Waals surface area contributed by atoms with Crippen LogP contribution in [0.4, 0.5) is 0 Å². The molecule has 0 radical (unpaired) electrons. The Morgan fingerprint density at radius 2 is 1.56 bits per heavy atom. The van der Waals surface area contributed by atoms with Crippen molar-refractivity contribution in [2.45, 2.75) is 67.2 Å². The third-order valence-electron chi connectivity index (χ3n) is 6.26. The highest BCUT2D eigenvalue weighted by atomic mass is 16.6. The first-order valence-electron chi connectivity index (χ1n) is 12.8. The summed E-state index contributed by atoms with van der Waals surface area (Å²) in [7, 11) is 0. The first-order valence-corrected chi connectivity index (χ1v) is 12.8. The highest BCUT2D eigenvalue weighted by Gasteiger charge is 2.33. The Labute approximate surface area is 234 Å². The van der Waals surface area contributed by atoms with Crippen LogP contribution in [0.25, 0.3) is 22.6 Å². The minimum atomic E-state index is -1.03. The van der Waals surface area contributed by atoms with Crippen molar-refractivity contribution in [3.8, 4) is 11.6 Å². The number of hydrogen-bond donors (Lipinski definition) is 0. The molecule has 41 heavy (non-hydrogen) atoms. The molecule has 14 nitrogen and oxygen atoms in total. The molecule has 0 amide bonds. The fraction of sp³-hybridized carbons (Fsp3) is 0.481. The molecular formula is C27H32N4O10. The zero-order chi connectivity index (χ0) is 30.4. The predicted molar refractivity (Wildman–Crippen MR) is 142 cm³/mol. The average Bonchev–Trinajstić information content (AvgIpc) is 3.38. The topological polar surface area (TPSA) is 179 Å². The lowest BCUT2D eigenvalue weighted by molar-refractivity contribution is -0.167. The first-order chi connectivity index (χ1) is 19.3. The summed E-state index contributed by atoms with van der Waals surface area (Å²) >= 11 is 0. The van der Waals surface area contributed by atoms with Gasteiger partial charge in [-0.2, -0.15) is 0 Å². The lowest BCUT2D eigenvalue weighted by atomic mass is 9.97. The summed E-state index contributed by atoms with van der Waals surface area (Å²) in [6.45, 7) is 10.2. The van der Waals surface area contributed by atoms with Gasteiger partial charge in [-0.15, -0.1) is 10.2 Å². The van der Waals surface area contributed by atoms with Gasteiger partial charge in [0, 0.05) is 26.7 Å². The molecule has 0 bridgehead atoms. The summed E-state index contributed by atoms with van der Waals surface area (Å²) in [5.41, 5.74) is 1.65. The summed E-state index contributed by atoms with van der Waals surface area (Å²) in [5, 5.41) is 7.49. The van der Waals surface area contributed by atoms with Crippen LogP contribution in [-0.4, -0.2) is 69.0 Å². The summed E-state index contributed by atoms with van der Waals surface area (Å²) in [6, 6.07) is 3.53. The van der Waals surface area contributed by atoms with Gasteiger partial charge >= 0.3 is 29.8 Å². The fourth-order valence-electron chi connectivity index (χ4n) is 4.06. The molecule has 0 aliphatic heterocycles. The van der Waals surface area contributed by atoms with Crippen LogP contribution in [0, 0.1) is 19.8 Å². The van der Waals surface area contributed by atoms with Crippen LogP contribution < -0.4 is 5.56 Å². The van der Waals surface area contributed by atoms with Gasteiger partial charge in [-0.05, 0) is 44.0 Å². The van der Waals surface area contributed by atoms with E-state index in [0.29, 0.717) is 11.0 Å². The molecular weight excluding hydrogens is 540 g/mol. The van der Waals surface area contributed by atoms with E-state index in [2.05, 4.69) is 15.2 Å². The second-order valence-electron chi connectivity index (χ2n) is 9.39. The number of carbonyl (C=O) groups is 4. The van der Waals surface area contributed by atoms with Gasteiger partial charge in [0.1, 0.15) is 18.8 Å². The van der Waals surface area contributed by atoms with Gasteiger partial charge in [-0.1, -0.05) is 6.92 Å². The van der Waals surface area contributed by atoms with E-state index in [1.807, 2.05) is 13.8 Å². The maximum Gasteiger partial charge on any atom is 0.396 e. The van der Waals surface area contributed by atoms with Crippen molar-refractivity contribution in [1.82, 2.24) is 19.7 Å². The molecule has 220 valence electrons. The van der Waals surface area contributed by atoms with Crippen LogP contribution in [0.1, 0.15) is 56.4 Å². The van der Waals surface area contributed by atoms with Gasteiger partial charge in [-0.3, -0.25) is 19.2 Å². The normalized spacial score (nSPS) is 13.2. The van der Waals surface area contributed by atoms with Crippen LogP contribution in [0.5, 0.6) is 0 Å². The quantitative estimate of drug-likeness (QED) is 0.241. The number of nitrogens with zero attached hydrogens (tertiary/aromatic N) is 4. The zero-order valence-corrected chi connectivity index (χ0v) is 23.9. The van der Waals surface area contributed by atoms with Crippen molar-refractivity contribution >= 4 is 34.9 Å². The molecule has 0 N–H and O–H groups in total. The molecule has 3 aromatic rings. The molecule has 3 rings (SSSR count). The van der Waals surface area contributed by atoms with Crippen molar-refractivity contribution < 1.29 is 42.5 Å². The number of esters is 4. The number of fused-ring (bicyclic) bond motifs is 1. The summed E-state index contributed by atoms with van der Waals surface area (Å²) in [6.07, 6.45) is -2.01. The van der Waals surface area contributed by atoms with Crippen LogP contribution in [-0.2, 0) is 39.9 Å². The molecule has 0 saturated carbocycles. The van der Waals surface area contributed by atoms with E-state index in [1.165, 1.54) is 25.3 Å². The van der Waals surface area contributed by atoms with Gasteiger partial charge in [0.25, 0.3) is 11.4 Å². The number of carbonyl (C=O) groups excluding carboxylic acids is 4. The number of aromatic nitrogens is 4. The second-order valence-corrected chi connectivity index (χ2v) is 9.39. The number of ether oxygens (including phenoxy) is 4. The van der Waals surface area contributed by atoms with Gasteiger partial charge in [-0.25, -0.2) is 9.78 Å². The van der Waals surface area contributed by atoms with E-state index in [9.17, 15) is 24.0 Å². The Kier molecular flexibility index (Phi) is 9.92. The minimum Gasteiger partial charge on any atom is -0.462 e. The fourth-order valence-corrected chi connectivity index (χ4v) is 4.06. The molecule has 2 heterocycles. The SMILES string of the molecule is CCOC(=O)c1nnc(-c2nc3cc(C)c(C)cc3n(C[C@H](OC(C)=O)[C@H](C)[C@@H](COC(C)=O)OC(C)=O)c2=O)o1. The third kappa shape index (κ3) is 7.52. The van der Waals surface area contributed by atoms with Crippen molar-refractivity contribution in [3.05, 3.63) is 39.5 Å². The molecule has 3 atom stereocenters. The first kappa shape index (κ1) is 30.9.